The monoisotopic (exact) mass is 348 g/mol. The van der Waals surface area contributed by atoms with Crippen LogP contribution in [0.5, 0.6) is 0 Å². The van der Waals surface area contributed by atoms with Gasteiger partial charge in [0.05, 0.1) is 18.8 Å². The molecule has 1 fully saturated rings. The van der Waals surface area contributed by atoms with Gasteiger partial charge in [-0.1, -0.05) is 13.8 Å². The van der Waals surface area contributed by atoms with Gasteiger partial charge in [0.2, 0.25) is 0 Å². The van der Waals surface area contributed by atoms with E-state index in [2.05, 4.69) is 24.1 Å². The van der Waals surface area contributed by atoms with E-state index in [1.165, 1.54) is 0 Å². The first-order valence-electron chi connectivity index (χ1n) is 9.11. The maximum Gasteiger partial charge on any atom is 0.287 e. The first-order valence-corrected chi connectivity index (χ1v) is 9.11. The molecule has 0 spiro atoms. The van der Waals surface area contributed by atoms with Gasteiger partial charge >= 0.3 is 0 Å². The minimum absolute atomic E-state index is 0.0823. The number of morpholine rings is 1. The lowest BCUT2D eigenvalue weighted by Gasteiger charge is -2.27. The first-order chi connectivity index (χ1) is 11.9. The zero-order chi connectivity index (χ0) is 18.0. The number of Topliss-reactive ketones (excluding diaryl/α,β-unsaturated/α-hetero) is 1. The predicted molar refractivity (Wildman–Crippen MR) is 94.1 cm³/mol. The second-order valence-corrected chi connectivity index (χ2v) is 7.86. The van der Waals surface area contributed by atoms with Crippen LogP contribution in [-0.4, -0.2) is 56.0 Å². The molecule has 1 aliphatic heterocycles. The molecular formula is C19H28N2O4. The summed E-state index contributed by atoms with van der Waals surface area (Å²) in [5.74, 6) is 0.818. The molecule has 6 nitrogen and oxygen atoms in total. The summed E-state index contributed by atoms with van der Waals surface area (Å²) in [7, 11) is 0. The minimum Gasteiger partial charge on any atom is -0.455 e. The highest BCUT2D eigenvalue weighted by Gasteiger charge is 2.36. The number of carbonyl (C=O) groups excluding carboxylic acids is 2. The number of furan rings is 1. The second kappa shape index (κ2) is 7.30. The number of nitrogens with one attached hydrogen (secondary N) is 1. The van der Waals surface area contributed by atoms with Gasteiger partial charge in [-0.3, -0.25) is 14.5 Å². The normalized spacial score (nSPS) is 20.4. The molecule has 6 heteroatoms. The summed E-state index contributed by atoms with van der Waals surface area (Å²) in [4.78, 5) is 27.2. The summed E-state index contributed by atoms with van der Waals surface area (Å²) in [5, 5.41) is 2.92. The van der Waals surface area contributed by atoms with Crippen LogP contribution in [0.1, 0.15) is 58.9 Å². The molecule has 2 heterocycles. The van der Waals surface area contributed by atoms with Crippen LogP contribution in [-0.2, 0) is 11.2 Å². The molecule has 0 atom stereocenters. The Morgan fingerprint density at radius 1 is 1.24 bits per heavy atom. The van der Waals surface area contributed by atoms with Crippen molar-refractivity contribution in [3.8, 4) is 0 Å². The topological polar surface area (TPSA) is 71.8 Å². The summed E-state index contributed by atoms with van der Waals surface area (Å²) in [5.41, 5.74) is 1.19. The summed E-state index contributed by atoms with van der Waals surface area (Å²) >= 11 is 0. The Morgan fingerprint density at radius 2 is 1.96 bits per heavy atom. The Bertz CT molecular complexity index is 657. The Hall–Kier alpha value is -1.66. The van der Waals surface area contributed by atoms with Crippen molar-refractivity contribution in [2.75, 3.05) is 39.4 Å². The second-order valence-electron chi connectivity index (χ2n) is 7.86. The van der Waals surface area contributed by atoms with Gasteiger partial charge in [-0.15, -0.1) is 0 Å². The van der Waals surface area contributed by atoms with Crippen LogP contribution in [0.3, 0.4) is 0 Å². The lowest BCUT2D eigenvalue weighted by Crippen LogP contribution is -2.38. The minimum atomic E-state index is -0.223. The number of ketones is 1. The molecule has 0 unspecified atom stereocenters. The molecule has 1 saturated heterocycles. The van der Waals surface area contributed by atoms with Gasteiger partial charge in [0.1, 0.15) is 5.76 Å². The lowest BCUT2D eigenvalue weighted by molar-refractivity contribution is 0.0374. The molecule has 1 amide bonds. The van der Waals surface area contributed by atoms with Crippen LogP contribution < -0.4 is 5.32 Å². The number of rotatable bonds is 5. The van der Waals surface area contributed by atoms with Crippen molar-refractivity contribution in [2.45, 2.75) is 40.0 Å². The van der Waals surface area contributed by atoms with E-state index in [0.29, 0.717) is 42.0 Å². The number of nitrogens with zero attached hydrogens (tertiary/aromatic N) is 1. The average molecular weight is 348 g/mol. The van der Waals surface area contributed by atoms with Crippen LogP contribution in [0, 0.1) is 12.3 Å². The van der Waals surface area contributed by atoms with Gasteiger partial charge in [0, 0.05) is 38.0 Å². The molecule has 1 aromatic heterocycles. The molecule has 0 radical (unpaired) electrons. The molecule has 25 heavy (non-hydrogen) atoms. The number of fused-ring (bicyclic) bond motifs is 1. The summed E-state index contributed by atoms with van der Waals surface area (Å²) in [6, 6.07) is 0. The van der Waals surface area contributed by atoms with Gasteiger partial charge in [-0.2, -0.15) is 0 Å². The maximum absolute atomic E-state index is 12.5. The molecule has 1 aromatic rings. The molecule has 0 bridgehead atoms. The van der Waals surface area contributed by atoms with Crippen LogP contribution in [0.25, 0.3) is 0 Å². The number of amides is 1. The quantitative estimate of drug-likeness (QED) is 0.826. The van der Waals surface area contributed by atoms with E-state index in [4.69, 9.17) is 9.15 Å². The zero-order valence-corrected chi connectivity index (χ0v) is 15.4. The van der Waals surface area contributed by atoms with Crippen molar-refractivity contribution >= 4 is 11.7 Å². The molecule has 0 saturated carbocycles. The van der Waals surface area contributed by atoms with Crippen molar-refractivity contribution in [3.05, 3.63) is 22.6 Å². The smallest absolute Gasteiger partial charge is 0.287 e. The van der Waals surface area contributed by atoms with E-state index in [9.17, 15) is 9.59 Å². The standard InChI is InChI=1S/C19H28N2O4/c1-13-16-14(22)11-19(2,3)12-15(16)25-17(13)18(23)20-5-4-6-21-7-9-24-10-8-21/h4-12H2,1-3H3,(H,20,23). The molecule has 0 aromatic carbocycles. The van der Waals surface area contributed by atoms with Gasteiger partial charge in [-0.05, 0) is 25.3 Å². The van der Waals surface area contributed by atoms with Crippen molar-refractivity contribution in [1.82, 2.24) is 10.2 Å². The molecule has 3 rings (SSSR count). The van der Waals surface area contributed by atoms with E-state index in [-0.39, 0.29) is 17.1 Å². The van der Waals surface area contributed by atoms with Gasteiger partial charge in [0.25, 0.3) is 5.91 Å². The first kappa shape index (κ1) is 18.1. The summed E-state index contributed by atoms with van der Waals surface area (Å²) in [6.45, 7) is 10.9. The van der Waals surface area contributed by atoms with Crippen LogP contribution in [0.2, 0.25) is 0 Å². The zero-order valence-electron chi connectivity index (χ0n) is 15.4. The number of hydrogen-bond acceptors (Lipinski definition) is 5. The molecule has 2 aliphatic rings. The third-order valence-electron chi connectivity index (χ3n) is 5.02. The third kappa shape index (κ3) is 4.12. The van der Waals surface area contributed by atoms with Crippen molar-refractivity contribution in [2.24, 2.45) is 5.41 Å². The van der Waals surface area contributed by atoms with Crippen molar-refractivity contribution in [3.63, 3.8) is 0 Å². The van der Waals surface area contributed by atoms with Crippen LogP contribution >= 0.6 is 0 Å². The fraction of sp³-hybridized carbons (Fsp3) is 0.684. The highest BCUT2D eigenvalue weighted by atomic mass is 16.5. The molecule has 1 N–H and O–H groups in total. The summed E-state index contributed by atoms with van der Waals surface area (Å²) in [6.07, 6.45) is 2.08. The Labute approximate surface area is 148 Å². The Morgan fingerprint density at radius 3 is 2.68 bits per heavy atom. The highest BCUT2D eigenvalue weighted by molar-refractivity contribution is 6.03. The largest absolute Gasteiger partial charge is 0.455 e. The van der Waals surface area contributed by atoms with E-state index < -0.39 is 0 Å². The highest BCUT2D eigenvalue weighted by Crippen LogP contribution is 2.38. The van der Waals surface area contributed by atoms with E-state index in [0.717, 1.165) is 39.3 Å². The molecular weight excluding hydrogens is 320 g/mol. The van der Waals surface area contributed by atoms with Gasteiger partial charge < -0.3 is 14.5 Å². The molecule has 138 valence electrons. The van der Waals surface area contributed by atoms with Crippen molar-refractivity contribution < 1.29 is 18.7 Å². The number of hydrogen-bond donors (Lipinski definition) is 1. The van der Waals surface area contributed by atoms with E-state index >= 15 is 0 Å². The summed E-state index contributed by atoms with van der Waals surface area (Å²) < 4.78 is 11.1. The lowest BCUT2D eigenvalue weighted by atomic mass is 9.76. The van der Waals surface area contributed by atoms with Crippen molar-refractivity contribution in [1.29, 1.82) is 0 Å². The van der Waals surface area contributed by atoms with Crippen LogP contribution in [0.15, 0.2) is 4.42 Å². The Balaban J connectivity index is 1.57. The predicted octanol–water partition coefficient (Wildman–Crippen LogP) is 2.20. The maximum atomic E-state index is 12.5. The number of carbonyl (C=O) groups is 2. The number of ether oxygens (including phenoxy) is 1. The van der Waals surface area contributed by atoms with E-state index in [1.807, 2.05) is 0 Å². The SMILES string of the molecule is Cc1c(C(=O)NCCCN2CCOCC2)oc2c1C(=O)CC(C)(C)C2. The third-order valence-corrected chi connectivity index (χ3v) is 5.02. The van der Waals surface area contributed by atoms with E-state index in [1.54, 1.807) is 6.92 Å². The van der Waals surface area contributed by atoms with Crippen LogP contribution in [0.4, 0.5) is 0 Å². The fourth-order valence-corrected chi connectivity index (χ4v) is 3.71. The average Bonchev–Trinajstić information content (AvgIpc) is 2.88. The fourth-order valence-electron chi connectivity index (χ4n) is 3.71. The van der Waals surface area contributed by atoms with Gasteiger partial charge in [-0.25, -0.2) is 0 Å². The Kier molecular flexibility index (Phi) is 5.29. The van der Waals surface area contributed by atoms with Gasteiger partial charge in [0.15, 0.2) is 11.5 Å². The molecule has 1 aliphatic carbocycles.